The van der Waals surface area contributed by atoms with Gasteiger partial charge in [0.25, 0.3) is 0 Å². The molecule has 0 spiro atoms. The number of halogens is 1. The first-order chi connectivity index (χ1) is 7.24. The molecule has 0 amide bonds. The van der Waals surface area contributed by atoms with Gasteiger partial charge in [-0.05, 0) is 0 Å². The summed E-state index contributed by atoms with van der Waals surface area (Å²) in [5, 5.41) is 0. The zero-order valence-corrected chi connectivity index (χ0v) is 13.8. The Morgan fingerprint density at radius 2 is 1.07 bits per heavy atom. The van der Waals surface area contributed by atoms with Gasteiger partial charge >= 0.3 is 100 Å². The Morgan fingerprint density at radius 3 is 1.27 bits per heavy atom. The molecule has 0 saturated carbocycles. The molecule has 0 unspecified atom stereocenters. The predicted molar refractivity (Wildman–Crippen MR) is 70.9 cm³/mol. The van der Waals surface area contributed by atoms with Crippen LogP contribution in [0.4, 0.5) is 4.39 Å². The normalized spacial score (nSPS) is 12.0. The van der Waals surface area contributed by atoms with E-state index in [4.69, 9.17) is 0 Å². The van der Waals surface area contributed by atoms with Gasteiger partial charge in [0.15, 0.2) is 0 Å². The summed E-state index contributed by atoms with van der Waals surface area (Å²) >= 11 is -2.28. The SMILES string of the molecule is CCC[CH2][Sn]([CH2]F)([CH2]CCC)[CH2]CCC. The Kier molecular flexibility index (Phi) is 10.4. The third-order valence-corrected chi connectivity index (χ3v) is 17.2. The topological polar surface area (TPSA) is 0 Å². The fourth-order valence-corrected chi connectivity index (χ4v) is 15.0. The second-order valence-electron chi connectivity index (χ2n) is 4.94. The van der Waals surface area contributed by atoms with Crippen LogP contribution >= 0.6 is 0 Å². The van der Waals surface area contributed by atoms with Crippen molar-refractivity contribution in [2.45, 2.75) is 72.6 Å². The summed E-state index contributed by atoms with van der Waals surface area (Å²) in [4.78, 5) is 0. The molecule has 0 radical (unpaired) electrons. The van der Waals surface area contributed by atoms with E-state index in [0.29, 0.717) is 0 Å². The van der Waals surface area contributed by atoms with Crippen LogP contribution in [0.25, 0.3) is 0 Å². The van der Waals surface area contributed by atoms with E-state index in [1.165, 1.54) is 51.8 Å². The van der Waals surface area contributed by atoms with E-state index in [9.17, 15) is 4.39 Å². The molecule has 15 heavy (non-hydrogen) atoms. The van der Waals surface area contributed by atoms with Crippen LogP contribution in [0, 0.1) is 0 Å². The van der Waals surface area contributed by atoms with Gasteiger partial charge in [0.1, 0.15) is 0 Å². The van der Waals surface area contributed by atoms with Crippen LogP contribution in [0.15, 0.2) is 0 Å². The van der Waals surface area contributed by atoms with Gasteiger partial charge in [-0.1, -0.05) is 0 Å². The van der Waals surface area contributed by atoms with Gasteiger partial charge < -0.3 is 0 Å². The molecule has 92 valence electrons. The Balaban J connectivity index is 4.16. The van der Waals surface area contributed by atoms with Crippen LogP contribution in [-0.2, 0) is 0 Å². The van der Waals surface area contributed by atoms with Crippen LogP contribution < -0.4 is 0 Å². The maximum atomic E-state index is 13.4. The predicted octanol–water partition coefficient (Wildman–Crippen LogP) is 5.34. The molecule has 2 heteroatoms. The molecular weight excluding hydrogens is 294 g/mol. The summed E-state index contributed by atoms with van der Waals surface area (Å²) in [7, 11) is 0. The molecule has 0 atom stereocenters. The second-order valence-corrected chi connectivity index (χ2v) is 18.6. The maximum absolute atomic E-state index is 13.4. The number of unbranched alkanes of at least 4 members (excludes halogenated alkanes) is 3. The molecule has 0 aliphatic rings. The van der Waals surface area contributed by atoms with Crippen molar-refractivity contribution < 1.29 is 4.39 Å². The van der Waals surface area contributed by atoms with Crippen LogP contribution in [0.3, 0.4) is 0 Å². The summed E-state index contributed by atoms with van der Waals surface area (Å²) < 4.78 is 17.4. The van der Waals surface area contributed by atoms with Gasteiger partial charge in [-0.3, -0.25) is 0 Å². The van der Waals surface area contributed by atoms with Crippen LogP contribution in [0.2, 0.25) is 13.3 Å². The van der Waals surface area contributed by atoms with Crippen molar-refractivity contribution in [1.29, 1.82) is 0 Å². The average Bonchev–Trinajstić information content (AvgIpc) is 2.29. The number of alkyl halides is 1. The van der Waals surface area contributed by atoms with Crippen molar-refractivity contribution in [3.05, 3.63) is 0 Å². The first-order valence-corrected chi connectivity index (χ1v) is 14.9. The van der Waals surface area contributed by atoms with Gasteiger partial charge in [0.2, 0.25) is 0 Å². The van der Waals surface area contributed by atoms with Crippen molar-refractivity contribution in [2.24, 2.45) is 0 Å². The molecule has 0 nitrogen and oxygen atoms in total. The van der Waals surface area contributed by atoms with Crippen molar-refractivity contribution in [1.82, 2.24) is 0 Å². The zero-order chi connectivity index (χ0) is 11.6. The van der Waals surface area contributed by atoms with Crippen LogP contribution in [0.1, 0.15) is 59.3 Å². The number of rotatable bonds is 10. The summed E-state index contributed by atoms with van der Waals surface area (Å²) in [6.45, 7) is 6.69. The Hall–Kier alpha value is 0.729. The van der Waals surface area contributed by atoms with Gasteiger partial charge in [-0.15, -0.1) is 0 Å². The molecule has 0 aliphatic heterocycles. The monoisotopic (exact) mass is 324 g/mol. The first-order valence-electron chi connectivity index (χ1n) is 6.80. The Morgan fingerprint density at radius 1 is 0.733 bits per heavy atom. The van der Waals surface area contributed by atoms with E-state index in [1.807, 2.05) is 0 Å². The third-order valence-electron chi connectivity index (χ3n) is 3.47. The van der Waals surface area contributed by atoms with E-state index in [0.717, 1.165) is 0 Å². The second kappa shape index (κ2) is 9.92. The van der Waals surface area contributed by atoms with Crippen molar-refractivity contribution in [2.75, 3.05) is 4.69 Å². The summed E-state index contributed by atoms with van der Waals surface area (Å²) in [5.41, 5.74) is 0. The van der Waals surface area contributed by atoms with Gasteiger partial charge in [0, 0.05) is 0 Å². The molecule has 0 bridgehead atoms. The summed E-state index contributed by atoms with van der Waals surface area (Å²) in [5.74, 6) is 0. The molecular formula is C13H29FSn. The number of hydrogen-bond donors (Lipinski definition) is 0. The van der Waals surface area contributed by atoms with E-state index in [2.05, 4.69) is 20.8 Å². The van der Waals surface area contributed by atoms with Gasteiger partial charge in [-0.25, -0.2) is 0 Å². The first kappa shape index (κ1) is 15.7. The molecule has 0 aromatic rings. The van der Waals surface area contributed by atoms with Gasteiger partial charge in [0.05, 0.1) is 0 Å². The molecule has 0 N–H and O–H groups in total. The molecule has 0 aromatic heterocycles. The third kappa shape index (κ3) is 6.80. The van der Waals surface area contributed by atoms with Crippen molar-refractivity contribution in [3.8, 4) is 0 Å². The van der Waals surface area contributed by atoms with Gasteiger partial charge in [-0.2, -0.15) is 0 Å². The fourth-order valence-electron chi connectivity index (χ4n) is 2.23. The number of hydrogen-bond acceptors (Lipinski definition) is 0. The fraction of sp³-hybridized carbons (Fsp3) is 1.00. The molecule has 0 heterocycles. The Labute approximate surface area is 99.9 Å². The van der Waals surface area contributed by atoms with E-state index >= 15 is 0 Å². The quantitative estimate of drug-likeness (QED) is 0.476. The van der Waals surface area contributed by atoms with Crippen LogP contribution in [0.5, 0.6) is 0 Å². The molecule has 0 rings (SSSR count). The minimum atomic E-state index is -2.28. The molecule has 0 fully saturated rings. The molecule has 0 aliphatic carbocycles. The van der Waals surface area contributed by atoms with E-state index in [-0.39, 0.29) is 4.69 Å². The summed E-state index contributed by atoms with van der Waals surface area (Å²) in [6, 6.07) is 0. The van der Waals surface area contributed by atoms with E-state index < -0.39 is 18.4 Å². The Bertz CT molecular complexity index is 115. The minimum absolute atomic E-state index is 0.106. The zero-order valence-electron chi connectivity index (χ0n) is 10.9. The van der Waals surface area contributed by atoms with Crippen molar-refractivity contribution >= 4 is 18.4 Å². The molecule has 0 aromatic carbocycles. The van der Waals surface area contributed by atoms with E-state index in [1.54, 1.807) is 0 Å². The molecule has 0 saturated heterocycles. The standard InChI is InChI=1S/3C4H9.CH2F.Sn/c3*1-3-4-2;1-2;/h3*1,3-4H2,2H3;1H2;. The van der Waals surface area contributed by atoms with Crippen LogP contribution in [-0.4, -0.2) is 23.1 Å². The average molecular weight is 323 g/mol. The summed E-state index contributed by atoms with van der Waals surface area (Å²) in [6.07, 6.45) is 7.60. The van der Waals surface area contributed by atoms with Crippen molar-refractivity contribution in [3.63, 3.8) is 0 Å².